The van der Waals surface area contributed by atoms with E-state index in [4.69, 9.17) is 14.7 Å². The van der Waals surface area contributed by atoms with Crippen molar-refractivity contribution < 1.29 is 4.74 Å². The summed E-state index contributed by atoms with van der Waals surface area (Å²) in [6.07, 6.45) is 0. The zero-order valence-corrected chi connectivity index (χ0v) is 33.7. The summed E-state index contributed by atoms with van der Waals surface area (Å²) >= 11 is 0. The Morgan fingerprint density at radius 2 is 0.710 bits per heavy atom. The lowest BCUT2D eigenvalue weighted by Crippen LogP contribution is -2.32. The third kappa shape index (κ3) is 5.82. The van der Waals surface area contributed by atoms with Crippen LogP contribution < -0.4 is 4.74 Å². The molecule has 3 nitrogen and oxygen atoms in total. The first-order valence-electron chi connectivity index (χ1n) is 21.1. The molecule has 0 saturated heterocycles. The number of rotatable bonds is 6. The van der Waals surface area contributed by atoms with Gasteiger partial charge in [0.2, 0.25) is 0 Å². The Balaban J connectivity index is 0.943. The molecule has 0 radical (unpaired) electrons. The van der Waals surface area contributed by atoms with Crippen molar-refractivity contribution in [3.8, 4) is 89.9 Å². The highest BCUT2D eigenvalue weighted by molar-refractivity contribution is 5.89. The van der Waals surface area contributed by atoms with Crippen LogP contribution in [0.4, 0.5) is 0 Å². The van der Waals surface area contributed by atoms with Crippen LogP contribution in [0.15, 0.2) is 231 Å². The quantitative estimate of drug-likeness (QED) is 0.168. The molecule has 9 aromatic carbocycles. The molecule has 0 atom stereocenters. The molecule has 1 aromatic heterocycles. The van der Waals surface area contributed by atoms with Crippen LogP contribution in [0.5, 0.6) is 11.5 Å². The first-order valence-corrected chi connectivity index (χ1v) is 21.1. The lowest BCUT2D eigenvalue weighted by atomic mass is 9.66. The van der Waals surface area contributed by atoms with Gasteiger partial charge in [-0.1, -0.05) is 194 Å². The zero-order valence-electron chi connectivity index (χ0n) is 33.7. The summed E-state index contributed by atoms with van der Waals surface area (Å²) in [5.74, 6) is 2.48. The third-order valence-electron chi connectivity index (χ3n) is 12.6. The van der Waals surface area contributed by atoms with Gasteiger partial charge in [-0.2, -0.15) is 0 Å². The van der Waals surface area contributed by atoms with Gasteiger partial charge in [-0.3, -0.25) is 0 Å². The van der Waals surface area contributed by atoms with E-state index in [0.717, 1.165) is 67.4 Å². The predicted octanol–water partition coefficient (Wildman–Crippen LogP) is 14.9. The smallest absolute Gasteiger partial charge is 0.160 e. The minimum atomic E-state index is -0.516. The Morgan fingerprint density at radius 3 is 1.37 bits per heavy atom. The fourth-order valence-corrected chi connectivity index (χ4v) is 9.70. The van der Waals surface area contributed by atoms with E-state index < -0.39 is 5.41 Å². The molecule has 10 aromatic rings. The molecule has 290 valence electrons. The van der Waals surface area contributed by atoms with Gasteiger partial charge in [0.25, 0.3) is 0 Å². The third-order valence-corrected chi connectivity index (χ3v) is 12.6. The maximum absolute atomic E-state index is 6.72. The standard InChI is InChI=1S/C59H38N2O/c1-3-15-39(16-4-1)40-29-31-41(32-30-40)54-38-55(61-58(60-54)42-17-5-2-6-18-42)47-22-14-21-45(36-47)43-19-13-20-44(35-43)46-33-34-57-53(37-46)59(52-27-11-12-28-56(52)62-57)50-25-9-7-23-48(50)49-24-8-10-26-51(49)59/h1-38H. The van der Waals surface area contributed by atoms with Crippen LogP contribution in [-0.2, 0) is 5.41 Å². The minimum Gasteiger partial charge on any atom is -0.457 e. The van der Waals surface area contributed by atoms with E-state index in [1.807, 2.05) is 24.3 Å². The number of ether oxygens (including phenoxy) is 1. The fourth-order valence-electron chi connectivity index (χ4n) is 9.70. The molecule has 62 heavy (non-hydrogen) atoms. The van der Waals surface area contributed by atoms with Crippen molar-refractivity contribution >= 4 is 0 Å². The number of fused-ring (bicyclic) bond motifs is 9. The van der Waals surface area contributed by atoms with E-state index in [1.54, 1.807) is 0 Å². The summed E-state index contributed by atoms with van der Waals surface area (Å²) in [6, 6.07) is 82.0. The molecule has 0 unspecified atom stereocenters. The molecular weight excluding hydrogens is 753 g/mol. The highest BCUT2D eigenvalue weighted by Gasteiger charge is 2.51. The summed E-state index contributed by atoms with van der Waals surface area (Å²) in [7, 11) is 0. The largest absolute Gasteiger partial charge is 0.457 e. The lowest BCUT2D eigenvalue weighted by molar-refractivity contribution is 0.436. The molecule has 12 rings (SSSR count). The second kappa shape index (κ2) is 14.5. The molecule has 1 aliphatic carbocycles. The Morgan fingerprint density at radius 1 is 0.274 bits per heavy atom. The second-order valence-corrected chi connectivity index (χ2v) is 16.1. The molecule has 0 fully saturated rings. The topological polar surface area (TPSA) is 35.0 Å². The molecular formula is C59H38N2O. The lowest BCUT2D eigenvalue weighted by Gasteiger charge is -2.39. The Labute approximate surface area is 361 Å². The SMILES string of the molecule is c1ccc(-c2ccc(-c3cc(-c4cccc(-c5cccc(-c6ccc7c(c6)C6(c8ccccc8O7)c7ccccc7-c7ccccc76)c5)c4)nc(-c4ccccc4)n3)cc2)cc1. The number of para-hydroxylation sites is 1. The zero-order chi connectivity index (χ0) is 41.0. The predicted molar refractivity (Wildman–Crippen MR) is 252 cm³/mol. The minimum absolute atomic E-state index is 0.516. The Kier molecular flexibility index (Phi) is 8.39. The fraction of sp³-hybridized carbons (Fsp3) is 0.0169. The van der Waals surface area contributed by atoms with E-state index in [9.17, 15) is 0 Å². The van der Waals surface area contributed by atoms with Gasteiger partial charge < -0.3 is 4.74 Å². The average molecular weight is 791 g/mol. The maximum atomic E-state index is 6.72. The Hall–Kier alpha value is -8.14. The van der Waals surface area contributed by atoms with Gasteiger partial charge in [0.05, 0.1) is 16.8 Å². The van der Waals surface area contributed by atoms with Crippen LogP contribution in [0, 0.1) is 0 Å². The number of benzene rings is 9. The summed E-state index contributed by atoms with van der Waals surface area (Å²) in [5, 5.41) is 0. The molecule has 3 heteroatoms. The van der Waals surface area contributed by atoms with Crippen LogP contribution in [0.3, 0.4) is 0 Å². The van der Waals surface area contributed by atoms with Gasteiger partial charge >= 0.3 is 0 Å². The number of hydrogen-bond donors (Lipinski definition) is 0. The van der Waals surface area contributed by atoms with Crippen LogP contribution in [0.25, 0.3) is 78.4 Å². The van der Waals surface area contributed by atoms with Crippen molar-refractivity contribution in [2.75, 3.05) is 0 Å². The molecule has 0 amide bonds. The number of aromatic nitrogens is 2. The van der Waals surface area contributed by atoms with Gasteiger partial charge in [-0.25, -0.2) is 9.97 Å². The van der Waals surface area contributed by atoms with E-state index >= 15 is 0 Å². The van der Waals surface area contributed by atoms with E-state index in [0.29, 0.717) is 5.82 Å². The van der Waals surface area contributed by atoms with Crippen molar-refractivity contribution in [3.63, 3.8) is 0 Å². The van der Waals surface area contributed by atoms with Gasteiger partial charge in [0, 0.05) is 27.8 Å². The van der Waals surface area contributed by atoms with Crippen LogP contribution in [-0.4, -0.2) is 9.97 Å². The normalized spacial score (nSPS) is 12.8. The van der Waals surface area contributed by atoms with E-state index in [2.05, 4.69) is 206 Å². The monoisotopic (exact) mass is 790 g/mol. The first kappa shape index (κ1) is 35.8. The molecule has 0 N–H and O–H groups in total. The second-order valence-electron chi connectivity index (χ2n) is 16.1. The highest BCUT2D eigenvalue weighted by Crippen LogP contribution is 2.62. The van der Waals surface area contributed by atoms with E-state index in [-0.39, 0.29) is 0 Å². The van der Waals surface area contributed by atoms with Crippen molar-refractivity contribution in [1.82, 2.24) is 9.97 Å². The maximum Gasteiger partial charge on any atom is 0.160 e. The van der Waals surface area contributed by atoms with Crippen molar-refractivity contribution in [1.29, 1.82) is 0 Å². The number of nitrogens with zero attached hydrogens (tertiary/aromatic N) is 2. The van der Waals surface area contributed by atoms with Gasteiger partial charge in [0.15, 0.2) is 5.82 Å². The molecule has 1 spiro atoms. The highest BCUT2D eigenvalue weighted by atomic mass is 16.5. The van der Waals surface area contributed by atoms with Gasteiger partial charge in [0.1, 0.15) is 11.5 Å². The summed E-state index contributed by atoms with van der Waals surface area (Å²) in [5.41, 5.74) is 18.6. The summed E-state index contributed by atoms with van der Waals surface area (Å²) in [4.78, 5) is 10.3. The molecule has 2 aliphatic rings. The van der Waals surface area contributed by atoms with Crippen molar-refractivity contribution in [2.45, 2.75) is 5.41 Å². The van der Waals surface area contributed by atoms with Crippen LogP contribution >= 0.6 is 0 Å². The molecule has 1 aliphatic heterocycles. The number of hydrogen-bond acceptors (Lipinski definition) is 3. The molecule has 0 saturated carbocycles. The van der Waals surface area contributed by atoms with Gasteiger partial charge in [-0.15, -0.1) is 0 Å². The van der Waals surface area contributed by atoms with E-state index in [1.165, 1.54) is 38.9 Å². The Bertz CT molecular complexity index is 3270. The molecule has 0 bridgehead atoms. The molecule has 2 heterocycles. The van der Waals surface area contributed by atoms with Gasteiger partial charge in [-0.05, 0) is 92.0 Å². The first-order chi connectivity index (χ1) is 30.7. The van der Waals surface area contributed by atoms with Crippen molar-refractivity contribution in [2.24, 2.45) is 0 Å². The summed E-state index contributed by atoms with van der Waals surface area (Å²) in [6.45, 7) is 0. The average Bonchev–Trinajstić information content (AvgIpc) is 3.65. The van der Waals surface area contributed by atoms with Crippen LogP contribution in [0.1, 0.15) is 22.3 Å². The van der Waals surface area contributed by atoms with Crippen LogP contribution in [0.2, 0.25) is 0 Å². The summed E-state index contributed by atoms with van der Waals surface area (Å²) < 4.78 is 6.72. The van der Waals surface area contributed by atoms with Crippen molar-refractivity contribution in [3.05, 3.63) is 253 Å².